The number of hydrogen-bond acceptors (Lipinski definition) is 4. The van der Waals surface area contributed by atoms with Crippen LogP contribution in [-0.2, 0) is 0 Å². The Morgan fingerprint density at radius 2 is 1.50 bits per heavy atom. The van der Waals surface area contributed by atoms with E-state index in [2.05, 4.69) is 12.1 Å². The maximum Gasteiger partial charge on any atom is 0.126 e. The summed E-state index contributed by atoms with van der Waals surface area (Å²) in [6.07, 6.45) is 8.22. The summed E-state index contributed by atoms with van der Waals surface area (Å²) in [5, 5.41) is 21.0. The highest BCUT2D eigenvalue weighted by Gasteiger charge is 2.62. The first kappa shape index (κ1) is 12.0. The lowest BCUT2D eigenvalue weighted by atomic mass is 9.62. The molecule has 1 saturated heterocycles. The lowest BCUT2D eigenvalue weighted by Crippen LogP contribution is -2.71. The summed E-state index contributed by atoms with van der Waals surface area (Å²) in [6, 6.07) is 4.96. The SMILES string of the molecule is N#C[C@]12CCCC[C@@H]1C[C@H]1CCC[C@@]1(C#N)N2N. The third-order valence-corrected chi connectivity index (χ3v) is 5.64. The molecular weight excluding hydrogens is 224 g/mol. The van der Waals surface area contributed by atoms with Crippen molar-refractivity contribution in [3.05, 3.63) is 0 Å². The van der Waals surface area contributed by atoms with Crippen molar-refractivity contribution < 1.29 is 0 Å². The van der Waals surface area contributed by atoms with Crippen LogP contribution in [0.1, 0.15) is 51.4 Å². The Morgan fingerprint density at radius 3 is 2.11 bits per heavy atom. The van der Waals surface area contributed by atoms with Crippen molar-refractivity contribution in [1.29, 1.82) is 10.5 Å². The number of nitrogens with zero attached hydrogens (tertiary/aromatic N) is 3. The highest BCUT2D eigenvalue weighted by molar-refractivity contribution is 5.26. The molecule has 2 N–H and O–H groups in total. The molecule has 0 bridgehead atoms. The zero-order valence-electron chi connectivity index (χ0n) is 10.7. The number of nitriles is 2. The van der Waals surface area contributed by atoms with Crippen molar-refractivity contribution in [2.75, 3.05) is 0 Å². The monoisotopic (exact) mass is 244 g/mol. The molecule has 0 aromatic carbocycles. The summed E-state index contributed by atoms with van der Waals surface area (Å²) in [5.74, 6) is 7.09. The maximum atomic E-state index is 9.70. The molecule has 4 atom stereocenters. The third-order valence-electron chi connectivity index (χ3n) is 5.64. The van der Waals surface area contributed by atoms with Crippen LogP contribution in [0.4, 0.5) is 0 Å². The minimum Gasteiger partial charge on any atom is -0.266 e. The number of rotatable bonds is 0. The van der Waals surface area contributed by atoms with Gasteiger partial charge in [-0.3, -0.25) is 5.84 Å². The van der Waals surface area contributed by atoms with Gasteiger partial charge >= 0.3 is 0 Å². The van der Waals surface area contributed by atoms with Gasteiger partial charge in [-0.05, 0) is 43.9 Å². The van der Waals surface area contributed by atoms with Gasteiger partial charge < -0.3 is 0 Å². The zero-order valence-corrected chi connectivity index (χ0v) is 10.7. The zero-order chi connectivity index (χ0) is 12.8. The molecule has 0 radical (unpaired) electrons. The second-order valence-electron chi connectivity index (χ2n) is 6.21. The lowest BCUT2D eigenvalue weighted by Gasteiger charge is -2.56. The molecule has 0 unspecified atom stereocenters. The minimum absolute atomic E-state index is 0.367. The first-order chi connectivity index (χ1) is 8.69. The van der Waals surface area contributed by atoms with Gasteiger partial charge in [0, 0.05) is 0 Å². The molecular formula is C14H20N4. The number of nitrogens with two attached hydrogens (primary N) is 1. The molecule has 2 aliphatic carbocycles. The predicted octanol–water partition coefficient (Wildman–Crippen LogP) is 2.08. The first-order valence-electron chi connectivity index (χ1n) is 7.07. The van der Waals surface area contributed by atoms with Gasteiger partial charge in [-0.15, -0.1) is 0 Å². The van der Waals surface area contributed by atoms with E-state index in [0.717, 1.165) is 44.9 Å². The molecule has 4 nitrogen and oxygen atoms in total. The molecule has 3 aliphatic rings. The molecule has 1 aliphatic heterocycles. The van der Waals surface area contributed by atoms with Gasteiger partial charge in [0.1, 0.15) is 11.1 Å². The fourth-order valence-electron chi connectivity index (χ4n) is 4.65. The van der Waals surface area contributed by atoms with Gasteiger partial charge in [0.15, 0.2) is 0 Å². The van der Waals surface area contributed by atoms with Crippen molar-refractivity contribution in [3.8, 4) is 12.1 Å². The van der Waals surface area contributed by atoms with Crippen molar-refractivity contribution in [2.45, 2.75) is 62.4 Å². The smallest absolute Gasteiger partial charge is 0.126 e. The van der Waals surface area contributed by atoms with E-state index in [0.29, 0.717) is 11.8 Å². The van der Waals surface area contributed by atoms with E-state index >= 15 is 0 Å². The topological polar surface area (TPSA) is 76.8 Å². The molecule has 18 heavy (non-hydrogen) atoms. The molecule has 1 heterocycles. The highest BCUT2D eigenvalue weighted by Crippen LogP contribution is 2.55. The van der Waals surface area contributed by atoms with E-state index in [1.54, 1.807) is 5.01 Å². The molecule has 0 aromatic heterocycles. The van der Waals surface area contributed by atoms with Gasteiger partial charge in [-0.2, -0.15) is 10.5 Å². The van der Waals surface area contributed by atoms with Crippen molar-refractivity contribution >= 4 is 0 Å². The van der Waals surface area contributed by atoms with Crippen LogP contribution in [0.5, 0.6) is 0 Å². The Bertz CT molecular complexity index is 434. The summed E-state index contributed by atoms with van der Waals surface area (Å²) in [7, 11) is 0. The van der Waals surface area contributed by atoms with E-state index < -0.39 is 11.1 Å². The van der Waals surface area contributed by atoms with Crippen LogP contribution in [0, 0.1) is 34.5 Å². The molecule has 3 rings (SSSR count). The fourth-order valence-corrected chi connectivity index (χ4v) is 4.65. The fraction of sp³-hybridized carbons (Fsp3) is 0.857. The van der Waals surface area contributed by atoms with Crippen LogP contribution >= 0.6 is 0 Å². The largest absolute Gasteiger partial charge is 0.266 e. The molecule has 0 spiro atoms. The summed E-state index contributed by atoms with van der Waals surface area (Å²) in [4.78, 5) is 0. The molecule has 0 amide bonds. The van der Waals surface area contributed by atoms with Gasteiger partial charge in [-0.25, -0.2) is 5.01 Å². The Morgan fingerprint density at radius 1 is 0.944 bits per heavy atom. The number of hydrazine groups is 1. The van der Waals surface area contributed by atoms with Crippen molar-refractivity contribution in [2.24, 2.45) is 17.7 Å². The average molecular weight is 244 g/mol. The van der Waals surface area contributed by atoms with Crippen LogP contribution < -0.4 is 5.84 Å². The lowest BCUT2D eigenvalue weighted by molar-refractivity contribution is -0.0864. The quantitative estimate of drug-likeness (QED) is 0.662. The third kappa shape index (κ3) is 1.25. The highest BCUT2D eigenvalue weighted by atomic mass is 15.5. The Hall–Kier alpha value is -1.10. The number of piperidine rings is 1. The Balaban J connectivity index is 2.05. The molecule has 2 saturated carbocycles. The van der Waals surface area contributed by atoms with Crippen molar-refractivity contribution in [1.82, 2.24) is 5.01 Å². The van der Waals surface area contributed by atoms with E-state index in [4.69, 9.17) is 5.84 Å². The number of fused-ring (bicyclic) bond motifs is 2. The average Bonchev–Trinajstić information content (AvgIpc) is 2.83. The van der Waals surface area contributed by atoms with Crippen LogP contribution in [0.3, 0.4) is 0 Å². The van der Waals surface area contributed by atoms with Crippen LogP contribution in [-0.4, -0.2) is 16.1 Å². The Labute approximate surface area is 108 Å². The van der Waals surface area contributed by atoms with E-state index in [1.807, 2.05) is 0 Å². The molecule has 3 fully saturated rings. The van der Waals surface area contributed by atoms with Crippen LogP contribution in [0.2, 0.25) is 0 Å². The molecule has 0 aromatic rings. The predicted molar refractivity (Wildman–Crippen MR) is 66.6 cm³/mol. The van der Waals surface area contributed by atoms with Gasteiger partial charge in [0.05, 0.1) is 12.1 Å². The summed E-state index contributed by atoms with van der Waals surface area (Å²) in [6.45, 7) is 0. The molecule has 96 valence electrons. The van der Waals surface area contributed by atoms with Crippen molar-refractivity contribution in [3.63, 3.8) is 0 Å². The van der Waals surface area contributed by atoms with Gasteiger partial charge in [-0.1, -0.05) is 19.3 Å². The van der Waals surface area contributed by atoms with E-state index in [9.17, 15) is 10.5 Å². The standard InChI is InChI=1S/C14H20N4/c15-9-13-6-2-1-4-11(13)8-12-5-3-7-14(12,10-16)18(13)17/h11-12H,1-8,17H2/t11-,12-,13-,14+/m1/s1. The summed E-state index contributed by atoms with van der Waals surface area (Å²) in [5.41, 5.74) is -1.14. The normalized spacial score (nSPS) is 47.7. The van der Waals surface area contributed by atoms with Crippen LogP contribution in [0.25, 0.3) is 0 Å². The second-order valence-corrected chi connectivity index (χ2v) is 6.21. The minimum atomic E-state index is -0.575. The maximum absolute atomic E-state index is 9.70. The van der Waals surface area contributed by atoms with Gasteiger partial charge in [0.25, 0.3) is 0 Å². The number of hydrogen-bond donors (Lipinski definition) is 1. The summed E-state index contributed by atoms with van der Waals surface area (Å²) < 4.78 is 0. The summed E-state index contributed by atoms with van der Waals surface area (Å²) >= 11 is 0. The first-order valence-corrected chi connectivity index (χ1v) is 7.07. The molecule has 4 heteroatoms. The second kappa shape index (κ2) is 3.95. The Kier molecular flexibility index (Phi) is 2.62. The van der Waals surface area contributed by atoms with Crippen LogP contribution in [0.15, 0.2) is 0 Å². The van der Waals surface area contributed by atoms with Gasteiger partial charge in [0.2, 0.25) is 0 Å². The van der Waals surface area contributed by atoms with E-state index in [-0.39, 0.29) is 0 Å². The van der Waals surface area contributed by atoms with E-state index in [1.165, 1.54) is 6.42 Å².